The van der Waals surface area contributed by atoms with E-state index in [0.717, 1.165) is 25.8 Å². The number of carbonyl (C=O) groups is 1. The monoisotopic (exact) mass is 255 g/mol. The summed E-state index contributed by atoms with van der Waals surface area (Å²) in [6.45, 7) is 9.02. The number of ether oxygens (including phenoxy) is 1. The van der Waals surface area contributed by atoms with Crippen molar-refractivity contribution < 1.29 is 14.6 Å². The van der Waals surface area contributed by atoms with Crippen LogP contribution in [0.3, 0.4) is 0 Å². The molecule has 1 heterocycles. The van der Waals surface area contributed by atoms with Crippen molar-refractivity contribution in [2.45, 2.75) is 58.2 Å². The molecule has 2 rings (SSSR count). The molecule has 2 aliphatic rings. The molecule has 0 aromatic carbocycles. The average Bonchev–Trinajstić information content (AvgIpc) is 2.52. The Hall–Kier alpha value is -0.770. The Morgan fingerprint density at radius 2 is 2.06 bits per heavy atom. The van der Waals surface area contributed by atoms with Gasteiger partial charge in [-0.1, -0.05) is 0 Å². The summed E-state index contributed by atoms with van der Waals surface area (Å²) in [7, 11) is 0. The van der Waals surface area contributed by atoms with Gasteiger partial charge in [-0.15, -0.1) is 0 Å². The summed E-state index contributed by atoms with van der Waals surface area (Å²) >= 11 is 0. The van der Waals surface area contributed by atoms with Crippen LogP contribution in [0.5, 0.6) is 0 Å². The van der Waals surface area contributed by atoms with Gasteiger partial charge in [0.15, 0.2) is 0 Å². The third kappa shape index (κ3) is 2.79. The van der Waals surface area contributed by atoms with Crippen molar-refractivity contribution in [3.05, 3.63) is 0 Å². The molecule has 4 nitrogen and oxygen atoms in total. The van der Waals surface area contributed by atoms with E-state index in [1.165, 1.54) is 0 Å². The van der Waals surface area contributed by atoms with Crippen LogP contribution >= 0.6 is 0 Å². The minimum absolute atomic E-state index is 0.215. The predicted molar refractivity (Wildman–Crippen MR) is 69.3 cm³/mol. The van der Waals surface area contributed by atoms with Crippen molar-refractivity contribution in [2.75, 3.05) is 13.1 Å². The van der Waals surface area contributed by atoms with Crippen molar-refractivity contribution in [1.29, 1.82) is 0 Å². The van der Waals surface area contributed by atoms with Gasteiger partial charge >= 0.3 is 6.09 Å². The molecule has 1 saturated carbocycles. The van der Waals surface area contributed by atoms with Crippen LogP contribution in [0.4, 0.5) is 4.79 Å². The molecule has 104 valence electrons. The van der Waals surface area contributed by atoms with Crippen LogP contribution in [0.1, 0.15) is 47.0 Å². The molecule has 0 spiro atoms. The van der Waals surface area contributed by atoms with E-state index in [4.69, 9.17) is 4.74 Å². The van der Waals surface area contributed by atoms with Gasteiger partial charge in [0.1, 0.15) is 5.60 Å². The number of aliphatic hydroxyl groups is 1. The van der Waals surface area contributed by atoms with Crippen LogP contribution in [-0.2, 0) is 4.74 Å². The first-order valence-electron chi connectivity index (χ1n) is 6.89. The molecule has 3 atom stereocenters. The maximum atomic E-state index is 12.0. The highest BCUT2D eigenvalue weighted by Gasteiger charge is 2.47. The number of carbonyl (C=O) groups excluding carboxylic acids is 1. The summed E-state index contributed by atoms with van der Waals surface area (Å²) < 4.78 is 5.40. The van der Waals surface area contributed by atoms with E-state index in [1.807, 2.05) is 27.7 Å². The van der Waals surface area contributed by atoms with Gasteiger partial charge in [-0.25, -0.2) is 4.79 Å². The summed E-state index contributed by atoms with van der Waals surface area (Å²) in [6, 6.07) is 0. The van der Waals surface area contributed by atoms with Crippen LogP contribution in [0, 0.1) is 11.8 Å². The zero-order valence-corrected chi connectivity index (χ0v) is 11.9. The van der Waals surface area contributed by atoms with E-state index in [0.29, 0.717) is 18.4 Å². The van der Waals surface area contributed by atoms with Crippen LogP contribution in [0.25, 0.3) is 0 Å². The third-order valence-electron chi connectivity index (χ3n) is 4.21. The van der Waals surface area contributed by atoms with Gasteiger partial charge in [-0.2, -0.15) is 0 Å². The molecule has 0 bridgehead atoms. The molecule has 1 aliphatic carbocycles. The number of hydrogen-bond donors (Lipinski definition) is 1. The highest BCUT2D eigenvalue weighted by Crippen LogP contribution is 2.44. The zero-order chi connectivity index (χ0) is 13.6. The van der Waals surface area contributed by atoms with Crippen LogP contribution in [0.15, 0.2) is 0 Å². The van der Waals surface area contributed by atoms with Gasteiger partial charge in [-0.3, -0.25) is 0 Å². The molecule has 0 aromatic rings. The zero-order valence-electron chi connectivity index (χ0n) is 11.9. The van der Waals surface area contributed by atoms with E-state index in [2.05, 4.69) is 0 Å². The number of fused-ring (bicyclic) bond motifs is 1. The van der Waals surface area contributed by atoms with Gasteiger partial charge in [0, 0.05) is 13.1 Å². The first kappa shape index (κ1) is 13.7. The fraction of sp³-hybridized carbons (Fsp3) is 0.929. The topological polar surface area (TPSA) is 49.8 Å². The predicted octanol–water partition coefficient (Wildman–Crippen LogP) is 2.40. The lowest BCUT2D eigenvalue weighted by atomic mass is 9.82. The molecule has 2 fully saturated rings. The van der Waals surface area contributed by atoms with E-state index in [9.17, 15) is 9.90 Å². The molecule has 1 saturated heterocycles. The standard InChI is InChI=1S/C14H25NO3/c1-13(2,3)18-12(16)15-8-6-11-10(9-15)5-7-14(11,4)17/h10-11,17H,5-9H2,1-4H3. The highest BCUT2D eigenvalue weighted by atomic mass is 16.6. The lowest BCUT2D eigenvalue weighted by molar-refractivity contribution is -0.0262. The maximum Gasteiger partial charge on any atom is 0.410 e. The van der Waals surface area contributed by atoms with Crippen molar-refractivity contribution in [3.8, 4) is 0 Å². The summed E-state index contributed by atoms with van der Waals surface area (Å²) in [5.41, 5.74) is -0.972. The van der Waals surface area contributed by atoms with Crippen molar-refractivity contribution in [3.63, 3.8) is 0 Å². The van der Waals surface area contributed by atoms with E-state index < -0.39 is 11.2 Å². The molecular formula is C14H25NO3. The summed E-state index contributed by atoms with van der Waals surface area (Å²) in [5.74, 6) is 0.775. The van der Waals surface area contributed by atoms with Gasteiger partial charge < -0.3 is 14.7 Å². The summed E-state index contributed by atoms with van der Waals surface area (Å²) in [4.78, 5) is 13.8. The number of rotatable bonds is 0. The van der Waals surface area contributed by atoms with E-state index in [1.54, 1.807) is 4.90 Å². The normalized spacial score (nSPS) is 36.4. The first-order valence-corrected chi connectivity index (χ1v) is 6.89. The number of hydrogen-bond acceptors (Lipinski definition) is 3. The van der Waals surface area contributed by atoms with Crippen LogP contribution in [0.2, 0.25) is 0 Å². The smallest absolute Gasteiger partial charge is 0.410 e. The summed E-state index contributed by atoms with van der Waals surface area (Å²) in [6.07, 6.45) is 2.53. The minimum Gasteiger partial charge on any atom is -0.444 e. The largest absolute Gasteiger partial charge is 0.444 e. The second kappa shape index (κ2) is 4.41. The van der Waals surface area contributed by atoms with Crippen LogP contribution < -0.4 is 0 Å². The molecule has 1 N–H and O–H groups in total. The fourth-order valence-electron chi connectivity index (χ4n) is 3.30. The molecule has 3 unspecified atom stereocenters. The van der Waals surface area contributed by atoms with Crippen molar-refractivity contribution in [1.82, 2.24) is 4.90 Å². The Morgan fingerprint density at radius 3 is 2.67 bits per heavy atom. The molecule has 18 heavy (non-hydrogen) atoms. The Labute approximate surface area is 109 Å². The minimum atomic E-state index is -0.537. The Balaban J connectivity index is 1.95. The Bertz CT molecular complexity index is 332. The van der Waals surface area contributed by atoms with Crippen molar-refractivity contribution >= 4 is 6.09 Å². The second-order valence-electron chi connectivity index (χ2n) is 6.98. The lowest BCUT2D eigenvalue weighted by Gasteiger charge is -2.39. The fourth-order valence-corrected chi connectivity index (χ4v) is 3.30. The van der Waals surface area contributed by atoms with Gasteiger partial charge in [-0.05, 0) is 58.8 Å². The lowest BCUT2D eigenvalue weighted by Crippen LogP contribution is -2.47. The second-order valence-corrected chi connectivity index (χ2v) is 6.98. The Morgan fingerprint density at radius 1 is 1.39 bits per heavy atom. The molecule has 1 aliphatic heterocycles. The molecule has 0 aromatic heterocycles. The highest BCUT2D eigenvalue weighted by molar-refractivity contribution is 5.68. The summed E-state index contributed by atoms with van der Waals surface area (Å²) in [5, 5.41) is 10.3. The van der Waals surface area contributed by atoms with Gasteiger partial charge in [0.05, 0.1) is 5.60 Å². The Kier molecular flexibility index (Phi) is 3.34. The average molecular weight is 255 g/mol. The SMILES string of the molecule is CC(C)(C)OC(=O)N1CCC2C(CCC2(C)O)C1. The van der Waals surface area contributed by atoms with E-state index >= 15 is 0 Å². The van der Waals surface area contributed by atoms with Crippen molar-refractivity contribution in [2.24, 2.45) is 11.8 Å². The van der Waals surface area contributed by atoms with Gasteiger partial charge in [0.2, 0.25) is 0 Å². The molecule has 4 heteroatoms. The van der Waals surface area contributed by atoms with Gasteiger partial charge in [0.25, 0.3) is 0 Å². The number of likely N-dealkylation sites (tertiary alicyclic amines) is 1. The maximum absolute atomic E-state index is 12.0. The molecule has 0 radical (unpaired) electrons. The quantitative estimate of drug-likeness (QED) is 0.723. The molecule has 1 amide bonds. The van der Waals surface area contributed by atoms with Crippen LogP contribution in [-0.4, -0.2) is 40.4 Å². The first-order chi connectivity index (χ1) is 8.19. The number of piperidine rings is 1. The number of nitrogens with zero attached hydrogens (tertiary/aromatic N) is 1. The third-order valence-corrected chi connectivity index (χ3v) is 4.21. The van der Waals surface area contributed by atoms with E-state index in [-0.39, 0.29) is 6.09 Å². The number of amides is 1. The molecular weight excluding hydrogens is 230 g/mol.